The van der Waals surface area contributed by atoms with E-state index in [1.807, 2.05) is 6.07 Å². The number of fused-ring (bicyclic) bond motifs is 1. The maximum Gasteiger partial charge on any atom is 0.142 e. The minimum atomic E-state index is 0.0944. The van der Waals surface area contributed by atoms with Gasteiger partial charge in [0.05, 0.1) is 12.6 Å². The Morgan fingerprint density at radius 3 is 2.75 bits per heavy atom. The molecule has 4 heteroatoms. The van der Waals surface area contributed by atoms with Crippen LogP contribution in [0.25, 0.3) is 10.9 Å². The minimum Gasteiger partial charge on any atom is -0.495 e. The number of aromatic nitrogens is 1. The first kappa shape index (κ1) is 13.5. The molecule has 1 fully saturated rings. The summed E-state index contributed by atoms with van der Waals surface area (Å²) in [7, 11) is 3.89. The molecular weight excluding hydrogens is 250 g/mol. The van der Waals surface area contributed by atoms with Gasteiger partial charge in [0.25, 0.3) is 0 Å². The van der Waals surface area contributed by atoms with Gasteiger partial charge in [-0.1, -0.05) is 12.1 Å². The zero-order valence-electron chi connectivity index (χ0n) is 12.3. The molecule has 1 aromatic heterocycles. The zero-order valence-corrected chi connectivity index (χ0v) is 12.3. The highest BCUT2D eigenvalue weighted by Gasteiger charge is 2.36. The highest BCUT2D eigenvalue weighted by molar-refractivity contribution is 5.89. The monoisotopic (exact) mass is 273 g/mol. The predicted molar refractivity (Wildman–Crippen MR) is 82.3 cm³/mol. The van der Waals surface area contributed by atoms with Crippen LogP contribution in [0.4, 0.5) is 0 Å². The van der Waals surface area contributed by atoms with Gasteiger partial charge in [0.2, 0.25) is 0 Å². The molecule has 20 heavy (non-hydrogen) atoms. The molecule has 0 atom stereocenters. The fraction of sp³-hybridized carbons (Fsp3) is 0.500. The van der Waals surface area contributed by atoms with E-state index in [1.54, 1.807) is 7.11 Å². The van der Waals surface area contributed by atoms with Crippen molar-refractivity contribution in [1.82, 2.24) is 9.88 Å². The molecule has 1 aliphatic heterocycles. The summed E-state index contributed by atoms with van der Waals surface area (Å²) < 4.78 is 5.44. The van der Waals surface area contributed by atoms with Gasteiger partial charge in [-0.05, 0) is 44.6 Å². The van der Waals surface area contributed by atoms with Gasteiger partial charge in [0.1, 0.15) is 5.75 Å². The lowest BCUT2D eigenvalue weighted by Gasteiger charge is -2.40. The third kappa shape index (κ3) is 2.00. The highest BCUT2D eigenvalue weighted by atomic mass is 16.5. The molecule has 0 unspecified atom stereocenters. The number of hydrogen-bond donors (Lipinski definition) is 2. The SMILES string of the molecule is COc1cccc2c(C3(CN)CCN(C)CC3)c[nH]c12. The Kier molecular flexibility index (Phi) is 3.44. The summed E-state index contributed by atoms with van der Waals surface area (Å²) >= 11 is 0. The van der Waals surface area contributed by atoms with Gasteiger partial charge in [-0.2, -0.15) is 0 Å². The topological polar surface area (TPSA) is 54.3 Å². The van der Waals surface area contributed by atoms with Crippen LogP contribution in [-0.2, 0) is 5.41 Å². The molecule has 2 heterocycles. The Balaban J connectivity index is 2.09. The summed E-state index contributed by atoms with van der Waals surface area (Å²) in [4.78, 5) is 5.76. The zero-order chi connectivity index (χ0) is 14.2. The Morgan fingerprint density at radius 2 is 2.10 bits per heavy atom. The summed E-state index contributed by atoms with van der Waals surface area (Å²) in [6.07, 6.45) is 4.36. The Hall–Kier alpha value is -1.52. The average Bonchev–Trinajstić information content (AvgIpc) is 2.93. The molecule has 0 aliphatic carbocycles. The predicted octanol–water partition coefficient (Wildman–Crippen LogP) is 2.10. The van der Waals surface area contributed by atoms with Crippen molar-refractivity contribution in [3.63, 3.8) is 0 Å². The molecule has 0 bridgehead atoms. The standard InChI is InChI=1S/C16H23N3O/c1-19-8-6-16(11-17,7-9-19)13-10-18-15-12(13)4-3-5-14(15)20-2/h3-5,10,18H,6-9,11,17H2,1-2H3. The van der Waals surface area contributed by atoms with Crippen molar-refractivity contribution < 1.29 is 4.74 Å². The lowest BCUT2D eigenvalue weighted by atomic mass is 9.73. The number of H-pyrrole nitrogens is 1. The van der Waals surface area contributed by atoms with Gasteiger partial charge in [-0.3, -0.25) is 0 Å². The molecule has 2 aromatic rings. The molecule has 1 aliphatic rings. The van der Waals surface area contributed by atoms with Crippen molar-refractivity contribution in [3.05, 3.63) is 30.0 Å². The smallest absolute Gasteiger partial charge is 0.142 e. The first-order chi connectivity index (χ1) is 9.70. The van der Waals surface area contributed by atoms with Crippen LogP contribution in [0.1, 0.15) is 18.4 Å². The van der Waals surface area contributed by atoms with Gasteiger partial charge in [-0.15, -0.1) is 0 Å². The quantitative estimate of drug-likeness (QED) is 0.900. The number of aromatic amines is 1. The number of piperidine rings is 1. The van der Waals surface area contributed by atoms with E-state index in [1.165, 1.54) is 10.9 Å². The largest absolute Gasteiger partial charge is 0.495 e. The van der Waals surface area contributed by atoms with Gasteiger partial charge in [-0.25, -0.2) is 0 Å². The molecule has 4 nitrogen and oxygen atoms in total. The van der Waals surface area contributed by atoms with Crippen molar-refractivity contribution in [2.45, 2.75) is 18.3 Å². The maximum absolute atomic E-state index is 6.17. The normalized spacial score (nSPS) is 19.4. The summed E-state index contributed by atoms with van der Waals surface area (Å²) in [6.45, 7) is 2.91. The number of ether oxygens (including phenoxy) is 1. The van der Waals surface area contributed by atoms with Crippen molar-refractivity contribution >= 4 is 10.9 Å². The second-order valence-corrected chi connectivity index (χ2v) is 5.87. The number of benzene rings is 1. The van der Waals surface area contributed by atoms with Crippen LogP contribution in [0.2, 0.25) is 0 Å². The summed E-state index contributed by atoms with van der Waals surface area (Å²) in [5.41, 5.74) is 8.70. The van der Waals surface area contributed by atoms with Crippen LogP contribution in [0, 0.1) is 0 Å². The van der Waals surface area contributed by atoms with Crippen LogP contribution in [0.5, 0.6) is 5.75 Å². The Labute approximate surface area is 119 Å². The molecule has 0 amide bonds. The molecule has 3 N–H and O–H groups in total. The highest BCUT2D eigenvalue weighted by Crippen LogP contribution is 2.40. The molecule has 1 aromatic carbocycles. The number of nitrogens with two attached hydrogens (primary N) is 1. The first-order valence-electron chi connectivity index (χ1n) is 7.23. The number of hydrogen-bond acceptors (Lipinski definition) is 3. The van der Waals surface area contributed by atoms with E-state index in [0.29, 0.717) is 6.54 Å². The minimum absolute atomic E-state index is 0.0944. The van der Waals surface area contributed by atoms with Gasteiger partial charge in [0, 0.05) is 23.5 Å². The van der Waals surface area contributed by atoms with Crippen molar-refractivity contribution in [2.75, 3.05) is 33.8 Å². The lowest BCUT2D eigenvalue weighted by Crippen LogP contribution is -2.45. The van der Waals surface area contributed by atoms with E-state index in [0.717, 1.165) is 37.2 Å². The summed E-state index contributed by atoms with van der Waals surface area (Å²) in [5, 5.41) is 1.25. The number of para-hydroxylation sites is 1. The number of methoxy groups -OCH3 is 1. The van der Waals surface area contributed by atoms with Crippen molar-refractivity contribution in [3.8, 4) is 5.75 Å². The van der Waals surface area contributed by atoms with Crippen LogP contribution < -0.4 is 10.5 Å². The molecule has 0 radical (unpaired) electrons. The number of nitrogens with zero attached hydrogens (tertiary/aromatic N) is 1. The summed E-state index contributed by atoms with van der Waals surface area (Å²) in [6, 6.07) is 6.21. The molecular formula is C16H23N3O. The Bertz CT molecular complexity index is 597. The van der Waals surface area contributed by atoms with E-state index in [-0.39, 0.29) is 5.41 Å². The number of nitrogens with one attached hydrogen (secondary N) is 1. The third-order valence-electron chi connectivity index (χ3n) is 4.80. The van der Waals surface area contributed by atoms with Gasteiger partial charge < -0.3 is 20.4 Å². The van der Waals surface area contributed by atoms with Crippen LogP contribution in [-0.4, -0.2) is 43.7 Å². The fourth-order valence-corrected chi connectivity index (χ4v) is 3.37. The fourth-order valence-electron chi connectivity index (χ4n) is 3.37. The molecule has 3 rings (SSSR count). The second-order valence-electron chi connectivity index (χ2n) is 5.87. The maximum atomic E-state index is 6.17. The molecule has 0 spiro atoms. The molecule has 1 saturated heterocycles. The van der Waals surface area contributed by atoms with Gasteiger partial charge in [0.15, 0.2) is 0 Å². The van der Waals surface area contributed by atoms with E-state index in [4.69, 9.17) is 10.5 Å². The van der Waals surface area contributed by atoms with Crippen LogP contribution in [0.15, 0.2) is 24.4 Å². The van der Waals surface area contributed by atoms with E-state index < -0.39 is 0 Å². The van der Waals surface area contributed by atoms with E-state index in [2.05, 4.69) is 35.3 Å². The van der Waals surface area contributed by atoms with Crippen LogP contribution in [0.3, 0.4) is 0 Å². The molecule has 108 valence electrons. The third-order valence-corrected chi connectivity index (χ3v) is 4.80. The van der Waals surface area contributed by atoms with Crippen molar-refractivity contribution in [2.24, 2.45) is 5.73 Å². The average molecular weight is 273 g/mol. The molecule has 0 saturated carbocycles. The Morgan fingerprint density at radius 1 is 1.35 bits per heavy atom. The first-order valence-corrected chi connectivity index (χ1v) is 7.23. The number of likely N-dealkylation sites (tertiary alicyclic amines) is 1. The van der Waals surface area contributed by atoms with E-state index in [9.17, 15) is 0 Å². The van der Waals surface area contributed by atoms with Crippen molar-refractivity contribution in [1.29, 1.82) is 0 Å². The lowest BCUT2D eigenvalue weighted by molar-refractivity contribution is 0.193. The van der Waals surface area contributed by atoms with E-state index >= 15 is 0 Å². The summed E-state index contributed by atoms with van der Waals surface area (Å²) in [5.74, 6) is 0.897. The second kappa shape index (κ2) is 5.11. The van der Waals surface area contributed by atoms with Gasteiger partial charge >= 0.3 is 0 Å². The number of rotatable bonds is 3. The van der Waals surface area contributed by atoms with Crippen LogP contribution >= 0.6 is 0 Å².